The molecule has 2 heterocycles. The molecule has 1 N–H and O–H groups in total. The fraction of sp³-hybridized carbons (Fsp3) is 0.176. The quantitative estimate of drug-likeness (QED) is 0.682. The highest BCUT2D eigenvalue weighted by Crippen LogP contribution is 2.34. The Bertz CT molecular complexity index is 727. The maximum absolute atomic E-state index is 3.25. The molecule has 0 saturated heterocycles. The number of hydrogen-bond donors (Lipinski definition) is 1. The fourth-order valence-electron chi connectivity index (χ4n) is 3.01. The van der Waals surface area contributed by atoms with E-state index in [1.54, 1.807) is 0 Å². The topological polar surface area (TPSA) is 19.0 Å². The van der Waals surface area contributed by atoms with Gasteiger partial charge in [-0.3, -0.25) is 0 Å². The third-order valence-electron chi connectivity index (χ3n) is 3.96. The summed E-state index contributed by atoms with van der Waals surface area (Å²) in [4.78, 5) is 5.69. The van der Waals surface area contributed by atoms with Crippen molar-refractivity contribution in [3.63, 3.8) is 0 Å². The van der Waals surface area contributed by atoms with Crippen molar-refractivity contribution < 1.29 is 0 Å². The first-order valence-electron chi connectivity index (χ1n) is 6.84. The lowest BCUT2D eigenvalue weighted by Gasteiger charge is -2.31. The number of nitrogens with one attached hydrogen (secondary N) is 1. The molecule has 1 aliphatic heterocycles. The number of fused-ring (bicyclic) bond motifs is 2. The van der Waals surface area contributed by atoms with Crippen molar-refractivity contribution >= 4 is 22.3 Å². The van der Waals surface area contributed by atoms with Crippen molar-refractivity contribution in [2.45, 2.75) is 12.8 Å². The maximum Gasteiger partial charge on any atom is 0.0455 e. The molecule has 0 amide bonds. The van der Waals surface area contributed by atoms with E-state index in [0.29, 0.717) is 0 Å². The van der Waals surface area contributed by atoms with Crippen LogP contribution < -0.4 is 4.90 Å². The number of hydrogen-bond acceptors (Lipinski definition) is 1. The molecule has 1 aliphatic rings. The van der Waals surface area contributed by atoms with Crippen LogP contribution in [0.4, 0.5) is 11.4 Å². The Morgan fingerprint density at radius 1 is 1.00 bits per heavy atom. The van der Waals surface area contributed by atoms with Gasteiger partial charge in [-0.05, 0) is 48.7 Å². The third kappa shape index (κ3) is 1.72. The van der Waals surface area contributed by atoms with E-state index in [1.807, 2.05) is 6.20 Å². The lowest BCUT2D eigenvalue weighted by Crippen LogP contribution is -2.24. The smallest absolute Gasteiger partial charge is 0.0455 e. The van der Waals surface area contributed by atoms with Gasteiger partial charge in [0, 0.05) is 35.0 Å². The Morgan fingerprint density at radius 2 is 1.95 bits per heavy atom. The highest BCUT2D eigenvalue weighted by Gasteiger charge is 2.17. The Balaban J connectivity index is 1.84. The van der Waals surface area contributed by atoms with E-state index in [9.17, 15) is 0 Å². The molecule has 4 rings (SSSR count). The molecule has 19 heavy (non-hydrogen) atoms. The summed E-state index contributed by atoms with van der Waals surface area (Å²) in [5.74, 6) is 0. The maximum atomic E-state index is 3.25. The van der Waals surface area contributed by atoms with Crippen LogP contribution in [-0.2, 0) is 6.42 Å². The Hall–Kier alpha value is -2.22. The second-order valence-electron chi connectivity index (χ2n) is 5.13. The summed E-state index contributed by atoms with van der Waals surface area (Å²) in [6, 6.07) is 17.5. The highest BCUT2D eigenvalue weighted by molar-refractivity contribution is 5.85. The summed E-state index contributed by atoms with van der Waals surface area (Å²) in [7, 11) is 0. The summed E-state index contributed by atoms with van der Waals surface area (Å²) in [6.07, 6.45) is 4.42. The summed E-state index contributed by atoms with van der Waals surface area (Å²) < 4.78 is 0. The number of H-pyrrole nitrogens is 1. The number of aromatic amines is 1. The fourth-order valence-corrected chi connectivity index (χ4v) is 3.01. The number of aryl methyl sites for hydroxylation is 1. The largest absolute Gasteiger partial charge is 0.361 e. The summed E-state index contributed by atoms with van der Waals surface area (Å²) in [5, 5.41) is 1.28. The van der Waals surface area contributed by atoms with Crippen LogP contribution in [0, 0.1) is 0 Å². The molecule has 0 unspecified atom stereocenters. The molecule has 2 nitrogen and oxygen atoms in total. The second-order valence-corrected chi connectivity index (χ2v) is 5.13. The average molecular weight is 248 g/mol. The van der Waals surface area contributed by atoms with E-state index >= 15 is 0 Å². The van der Waals surface area contributed by atoms with Crippen LogP contribution in [-0.4, -0.2) is 11.5 Å². The van der Waals surface area contributed by atoms with Crippen molar-refractivity contribution in [2.24, 2.45) is 0 Å². The van der Waals surface area contributed by atoms with Gasteiger partial charge in [-0.2, -0.15) is 0 Å². The zero-order chi connectivity index (χ0) is 12.7. The van der Waals surface area contributed by atoms with Crippen LogP contribution >= 0.6 is 0 Å². The van der Waals surface area contributed by atoms with Crippen LogP contribution in [0.25, 0.3) is 10.9 Å². The molecule has 3 aromatic rings. The number of rotatable bonds is 1. The number of para-hydroxylation sites is 1. The summed E-state index contributed by atoms with van der Waals surface area (Å²) in [6.45, 7) is 1.10. The zero-order valence-corrected chi connectivity index (χ0v) is 10.8. The monoisotopic (exact) mass is 248 g/mol. The van der Waals surface area contributed by atoms with Crippen LogP contribution in [0.3, 0.4) is 0 Å². The molecule has 0 fully saturated rings. The molecular weight excluding hydrogens is 232 g/mol. The minimum absolute atomic E-state index is 1.10. The number of nitrogens with zero attached hydrogens (tertiary/aromatic N) is 1. The van der Waals surface area contributed by atoms with Gasteiger partial charge in [0.05, 0.1) is 0 Å². The molecule has 94 valence electrons. The van der Waals surface area contributed by atoms with Crippen LogP contribution in [0.15, 0.2) is 54.7 Å². The molecule has 0 radical (unpaired) electrons. The Kier molecular flexibility index (Phi) is 2.34. The van der Waals surface area contributed by atoms with Gasteiger partial charge in [0.15, 0.2) is 0 Å². The van der Waals surface area contributed by atoms with Crippen molar-refractivity contribution in [1.82, 2.24) is 4.98 Å². The highest BCUT2D eigenvalue weighted by atomic mass is 15.1. The van der Waals surface area contributed by atoms with E-state index in [-0.39, 0.29) is 0 Å². The van der Waals surface area contributed by atoms with Gasteiger partial charge >= 0.3 is 0 Å². The molecule has 0 bridgehead atoms. The Labute approximate surface area is 112 Å². The van der Waals surface area contributed by atoms with Gasteiger partial charge in [-0.15, -0.1) is 0 Å². The minimum atomic E-state index is 1.10. The molecule has 2 heteroatoms. The van der Waals surface area contributed by atoms with Crippen molar-refractivity contribution in [1.29, 1.82) is 0 Å². The van der Waals surface area contributed by atoms with Gasteiger partial charge in [0.1, 0.15) is 0 Å². The number of anilines is 2. The summed E-state index contributed by atoms with van der Waals surface area (Å²) >= 11 is 0. The van der Waals surface area contributed by atoms with E-state index in [1.165, 1.54) is 40.7 Å². The van der Waals surface area contributed by atoms with Crippen molar-refractivity contribution in [3.05, 3.63) is 60.3 Å². The van der Waals surface area contributed by atoms with E-state index in [0.717, 1.165) is 6.54 Å². The molecule has 0 saturated carbocycles. The first kappa shape index (κ1) is 10.7. The van der Waals surface area contributed by atoms with Gasteiger partial charge in [0.25, 0.3) is 0 Å². The summed E-state index contributed by atoms with van der Waals surface area (Å²) in [5.41, 5.74) is 5.32. The minimum Gasteiger partial charge on any atom is -0.361 e. The average Bonchev–Trinajstić information content (AvgIpc) is 2.94. The van der Waals surface area contributed by atoms with Crippen LogP contribution in [0.1, 0.15) is 12.0 Å². The molecule has 0 spiro atoms. The first-order valence-corrected chi connectivity index (χ1v) is 6.84. The van der Waals surface area contributed by atoms with E-state index < -0.39 is 0 Å². The van der Waals surface area contributed by atoms with Gasteiger partial charge in [-0.25, -0.2) is 0 Å². The van der Waals surface area contributed by atoms with Gasteiger partial charge in [0.2, 0.25) is 0 Å². The standard InChI is InChI=1S/C17H16N2/c1-2-6-17-13(4-1)5-3-11-19(17)15-7-8-16-14(12-15)9-10-18-16/h1-2,4,6-10,12,18H,3,5,11H2. The third-order valence-corrected chi connectivity index (χ3v) is 3.96. The molecule has 2 aromatic carbocycles. The molecular formula is C17H16N2. The molecule has 1 aromatic heterocycles. The number of aromatic nitrogens is 1. The lowest BCUT2D eigenvalue weighted by molar-refractivity contribution is 0.767. The Morgan fingerprint density at radius 3 is 2.95 bits per heavy atom. The zero-order valence-electron chi connectivity index (χ0n) is 10.8. The SMILES string of the molecule is c1ccc2c(c1)CCCN2c1ccc2[nH]ccc2c1. The molecule has 0 aliphatic carbocycles. The van der Waals surface area contributed by atoms with Crippen LogP contribution in [0.5, 0.6) is 0 Å². The first-order chi connectivity index (χ1) is 9.42. The normalized spacial score (nSPS) is 14.6. The second kappa shape index (κ2) is 4.16. The van der Waals surface area contributed by atoms with E-state index in [4.69, 9.17) is 0 Å². The van der Waals surface area contributed by atoms with Crippen molar-refractivity contribution in [2.75, 3.05) is 11.4 Å². The molecule has 0 atom stereocenters. The van der Waals surface area contributed by atoms with Crippen molar-refractivity contribution in [3.8, 4) is 0 Å². The number of benzene rings is 2. The van der Waals surface area contributed by atoms with Gasteiger partial charge in [-0.1, -0.05) is 18.2 Å². The van der Waals surface area contributed by atoms with Crippen LogP contribution in [0.2, 0.25) is 0 Å². The lowest BCUT2D eigenvalue weighted by atomic mass is 10.0. The predicted molar refractivity (Wildman–Crippen MR) is 80.1 cm³/mol. The van der Waals surface area contributed by atoms with E-state index in [2.05, 4.69) is 58.4 Å². The predicted octanol–water partition coefficient (Wildman–Crippen LogP) is 4.25. The van der Waals surface area contributed by atoms with Gasteiger partial charge < -0.3 is 9.88 Å².